The van der Waals surface area contributed by atoms with Gasteiger partial charge in [-0.15, -0.1) is 11.3 Å². The van der Waals surface area contributed by atoms with Gasteiger partial charge >= 0.3 is 5.97 Å². The van der Waals surface area contributed by atoms with Gasteiger partial charge in [0.15, 0.2) is 5.65 Å². The van der Waals surface area contributed by atoms with Gasteiger partial charge in [0.25, 0.3) is 0 Å². The van der Waals surface area contributed by atoms with Crippen molar-refractivity contribution in [1.82, 2.24) is 14.8 Å². The number of rotatable bonds is 3. The fourth-order valence-corrected chi connectivity index (χ4v) is 3.02. The Morgan fingerprint density at radius 3 is 2.85 bits per heavy atom. The molecule has 0 saturated heterocycles. The van der Waals surface area contributed by atoms with E-state index in [0.29, 0.717) is 12.2 Å². The van der Waals surface area contributed by atoms with Crippen LogP contribution in [0, 0.1) is 13.8 Å². The van der Waals surface area contributed by atoms with Crippen LogP contribution in [0.5, 0.6) is 0 Å². The summed E-state index contributed by atoms with van der Waals surface area (Å²) in [6.45, 7) is 4.42. The first-order valence-electron chi connectivity index (χ1n) is 6.16. The third-order valence-electron chi connectivity index (χ3n) is 3.13. The molecular weight excluding hydrogens is 274 g/mol. The van der Waals surface area contributed by atoms with Crippen LogP contribution in [-0.2, 0) is 6.54 Å². The van der Waals surface area contributed by atoms with Crippen LogP contribution in [0.4, 0.5) is 0 Å². The predicted molar refractivity (Wildman–Crippen MR) is 77.4 cm³/mol. The lowest BCUT2D eigenvalue weighted by molar-refractivity contribution is 0.0696. The molecule has 3 heterocycles. The maximum Gasteiger partial charge on any atom is 0.337 e. The summed E-state index contributed by atoms with van der Waals surface area (Å²) in [4.78, 5) is 17.9. The lowest BCUT2D eigenvalue weighted by Gasteiger charge is -2.03. The highest BCUT2D eigenvalue weighted by Crippen LogP contribution is 2.20. The highest BCUT2D eigenvalue weighted by Gasteiger charge is 2.13. The highest BCUT2D eigenvalue weighted by molar-refractivity contribution is 7.11. The summed E-state index contributed by atoms with van der Waals surface area (Å²) in [5.41, 5.74) is 1.46. The largest absolute Gasteiger partial charge is 0.478 e. The number of hydrogen-bond acceptors (Lipinski definition) is 4. The van der Waals surface area contributed by atoms with Crippen LogP contribution in [-0.4, -0.2) is 25.8 Å². The van der Waals surface area contributed by atoms with E-state index in [0.717, 1.165) is 11.0 Å². The maximum absolute atomic E-state index is 11.1. The molecule has 0 bridgehead atoms. The third kappa shape index (κ3) is 2.18. The summed E-state index contributed by atoms with van der Waals surface area (Å²) in [5, 5.41) is 14.2. The first-order valence-corrected chi connectivity index (χ1v) is 6.98. The van der Waals surface area contributed by atoms with E-state index < -0.39 is 5.97 Å². The number of thiophene rings is 1. The van der Waals surface area contributed by atoms with Crippen molar-refractivity contribution in [2.75, 3.05) is 0 Å². The topological polar surface area (TPSA) is 68.0 Å². The Morgan fingerprint density at radius 1 is 1.40 bits per heavy atom. The summed E-state index contributed by atoms with van der Waals surface area (Å²) in [6.07, 6.45) is 1.66. The summed E-state index contributed by atoms with van der Waals surface area (Å²) >= 11 is 1.72. The molecule has 0 aliphatic heterocycles. The zero-order chi connectivity index (χ0) is 14.3. The number of nitrogens with zero attached hydrogens (tertiary/aromatic N) is 3. The SMILES string of the molecule is Cc1ccc(Cn2ncc3cc(C(=O)O)c(C)nc32)s1. The number of aromatic nitrogens is 3. The van der Waals surface area contributed by atoms with Gasteiger partial charge in [0.2, 0.25) is 0 Å². The minimum atomic E-state index is -0.960. The van der Waals surface area contributed by atoms with E-state index in [9.17, 15) is 4.79 Å². The summed E-state index contributed by atoms with van der Waals surface area (Å²) in [6, 6.07) is 5.78. The van der Waals surface area contributed by atoms with E-state index in [1.807, 2.05) is 0 Å². The van der Waals surface area contributed by atoms with Crippen LogP contribution < -0.4 is 0 Å². The average Bonchev–Trinajstić information content (AvgIpc) is 2.96. The molecule has 3 rings (SSSR count). The van der Waals surface area contributed by atoms with Gasteiger partial charge in [0.05, 0.1) is 24.0 Å². The zero-order valence-corrected chi connectivity index (χ0v) is 11.9. The van der Waals surface area contributed by atoms with Crippen molar-refractivity contribution in [3.63, 3.8) is 0 Å². The number of hydrogen-bond donors (Lipinski definition) is 1. The van der Waals surface area contributed by atoms with Crippen LogP contribution >= 0.6 is 11.3 Å². The highest BCUT2D eigenvalue weighted by atomic mass is 32.1. The standard InChI is InChI=1S/C14H13N3O2S/c1-8-3-4-11(20-8)7-17-13-10(6-15-17)5-12(14(18)19)9(2)16-13/h3-6H,7H2,1-2H3,(H,18,19). The quantitative estimate of drug-likeness (QED) is 0.804. The van der Waals surface area contributed by atoms with Gasteiger partial charge in [0.1, 0.15) is 0 Å². The summed E-state index contributed by atoms with van der Waals surface area (Å²) in [7, 11) is 0. The van der Waals surface area contributed by atoms with Crippen LogP contribution in [0.2, 0.25) is 0 Å². The van der Waals surface area contributed by atoms with E-state index >= 15 is 0 Å². The molecule has 6 heteroatoms. The molecule has 0 saturated carbocycles. The van der Waals surface area contributed by atoms with Crippen LogP contribution in [0.15, 0.2) is 24.4 Å². The van der Waals surface area contributed by atoms with Crippen molar-refractivity contribution in [3.05, 3.63) is 45.4 Å². The monoisotopic (exact) mass is 287 g/mol. The van der Waals surface area contributed by atoms with E-state index in [-0.39, 0.29) is 5.56 Å². The normalized spacial score (nSPS) is 11.1. The van der Waals surface area contributed by atoms with Crippen LogP contribution in [0.25, 0.3) is 11.0 Å². The number of carboxylic acids is 1. The molecule has 0 aromatic carbocycles. The molecule has 3 aromatic rings. The molecular formula is C14H13N3O2S. The van der Waals surface area contributed by atoms with Gasteiger partial charge in [-0.25, -0.2) is 14.5 Å². The van der Waals surface area contributed by atoms with Crippen molar-refractivity contribution in [3.8, 4) is 0 Å². The lowest BCUT2D eigenvalue weighted by atomic mass is 10.2. The Labute approximate surface area is 119 Å². The Kier molecular flexibility index (Phi) is 3.02. The Hall–Kier alpha value is -2.21. The fraction of sp³-hybridized carbons (Fsp3) is 0.214. The van der Waals surface area contributed by atoms with Crippen molar-refractivity contribution in [2.24, 2.45) is 0 Å². The van der Waals surface area contributed by atoms with E-state index in [4.69, 9.17) is 5.11 Å². The molecule has 5 nitrogen and oxygen atoms in total. The maximum atomic E-state index is 11.1. The van der Waals surface area contributed by atoms with Gasteiger partial charge in [-0.2, -0.15) is 5.10 Å². The number of aryl methyl sites for hydroxylation is 2. The Bertz CT molecular complexity index is 804. The molecule has 0 atom stereocenters. The van der Waals surface area contributed by atoms with Gasteiger partial charge in [-0.1, -0.05) is 0 Å². The number of aromatic carboxylic acids is 1. The molecule has 0 aliphatic carbocycles. The number of carboxylic acid groups (broad SMARTS) is 1. The molecule has 1 N–H and O–H groups in total. The molecule has 0 aliphatic rings. The minimum absolute atomic E-state index is 0.226. The summed E-state index contributed by atoms with van der Waals surface area (Å²) < 4.78 is 1.80. The molecule has 0 spiro atoms. The minimum Gasteiger partial charge on any atom is -0.478 e. The van der Waals surface area contributed by atoms with Crippen LogP contribution in [0.1, 0.15) is 25.8 Å². The number of fused-ring (bicyclic) bond motifs is 1. The van der Waals surface area contributed by atoms with Gasteiger partial charge < -0.3 is 5.11 Å². The molecule has 0 unspecified atom stereocenters. The van der Waals surface area contributed by atoms with Crippen molar-refractivity contribution in [1.29, 1.82) is 0 Å². The molecule has 20 heavy (non-hydrogen) atoms. The second-order valence-electron chi connectivity index (χ2n) is 4.65. The predicted octanol–water partition coefficient (Wildman–Crippen LogP) is 2.86. The lowest BCUT2D eigenvalue weighted by Crippen LogP contribution is -2.05. The molecule has 0 radical (unpaired) electrons. The van der Waals surface area contributed by atoms with Crippen molar-refractivity contribution in [2.45, 2.75) is 20.4 Å². The van der Waals surface area contributed by atoms with Crippen molar-refractivity contribution < 1.29 is 9.90 Å². The second-order valence-corrected chi connectivity index (χ2v) is 6.03. The average molecular weight is 287 g/mol. The first-order chi connectivity index (χ1) is 9.54. The first kappa shape index (κ1) is 12.8. The number of carbonyl (C=O) groups is 1. The van der Waals surface area contributed by atoms with Crippen molar-refractivity contribution >= 4 is 28.3 Å². The third-order valence-corrected chi connectivity index (χ3v) is 4.12. The summed E-state index contributed by atoms with van der Waals surface area (Å²) in [5.74, 6) is -0.960. The van der Waals surface area contributed by atoms with E-state index in [1.165, 1.54) is 9.75 Å². The molecule has 0 amide bonds. The molecule has 3 aromatic heterocycles. The van der Waals surface area contributed by atoms with Crippen LogP contribution in [0.3, 0.4) is 0 Å². The fourth-order valence-electron chi connectivity index (χ4n) is 2.15. The molecule has 102 valence electrons. The molecule has 0 fully saturated rings. The smallest absolute Gasteiger partial charge is 0.337 e. The van der Waals surface area contributed by atoms with E-state index in [1.54, 1.807) is 35.2 Å². The Balaban J connectivity index is 2.05. The van der Waals surface area contributed by atoms with Gasteiger partial charge in [0, 0.05) is 15.1 Å². The van der Waals surface area contributed by atoms with E-state index in [2.05, 4.69) is 29.1 Å². The van der Waals surface area contributed by atoms with Gasteiger partial charge in [-0.3, -0.25) is 0 Å². The zero-order valence-electron chi connectivity index (χ0n) is 11.1. The second kappa shape index (κ2) is 4.72. The van der Waals surface area contributed by atoms with Gasteiger partial charge in [-0.05, 0) is 32.0 Å². The Morgan fingerprint density at radius 2 is 2.20 bits per heavy atom. The number of pyridine rings is 1.